The number of hydrogen-bond donors (Lipinski definition) is 1. The standard InChI is InChI=1S/C20H22N2O3/c1-22(2)13-15-9-7-14(8-10-15)12-21-19(23)18-11-16-5-3-4-6-17(16)20(24)25-18/h3-10,18H,11-13H2,1-2H3,(H,21,23). The number of cyclic esters (lactones) is 1. The summed E-state index contributed by atoms with van der Waals surface area (Å²) in [6, 6.07) is 15.3. The number of esters is 1. The Kier molecular flexibility index (Phi) is 5.14. The molecule has 130 valence electrons. The van der Waals surface area contributed by atoms with E-state index in [1.807, 2.05) is 38.4 Å². The molecule has 1 heterocycles. The third kappa shape index (κ3) is 4.25. The molecule has 1 N–H and O–H groups in total. The van der Waals surface area contributed by atoms with Gasteiger partial charge in [-0.15, -0.1) is 0 Å². The van der Waals surface area contributed by atoms with Gasteiger partial charge in [0.25, 0.3) is 5.91 Å². The smallest absolute Gasteiger partial charge is 0.339 e. The maximum Gasteiger partial charge on any atom is 0.339 e. The molecule has 25 heavy (non-hydrogen) atoms. The van der Waals surface area contributed by atoms with E-state index in [0.29, 0.717) is 18.5 Å². The van der Waals surface area contributed by atoms with Crippen molar-refractivity contribution in [3.05, 3.63) is 70.8 Å². The molecule has 1 amide bonds. The lowest BCUT2D eigenvalue weighted by atomic mass is 9.98. The maximum atomic E-state index is 12.3. The molecule has 0 saturated carbocycles. The average Bonchev–Trinajstić information content (AvgIpc) is 2.60. The molecule has 5 heteroatoms. The summed E-state index contributed by atoms with van der Waals surface area (Å²) in [6.45, 7) is 1.29. The minimum atomic E-state index is -0.768. The SMILES string of the molecule is CN(C)Cc1ccc(CNC(=O)C2Cc3ccccc3C(=O)O2)cc1. The van der Waals surface area contributed by atoms with Gasteiger partial charge in [-0.2, -0.15) is 0 Å². The molecule has 0 spiro atoms. The molecule has 0 fully saturated rings. The molecule has 2 aromatic rings. The van der Waals surface area contributed by atoms with Gasteiger partial charge in [0, 0.05) is 19.5 Å². The first kappa shape index (κ1) is 17.2. The van der Waals surface area contributed by atoms with Crippen molar-refractivity contribution < 1.29 is 14.3 Å². The van der Waals surface area contributed by atoms with Gasteiger partial charge in [-0.05, 0) is 36.9 Å². The second kappa shape index (κ2) is 7.49. The van der Waals surface area contributed by atoms with Gasteiger partial charge < -0.3 is 15.0 Å². The first-order valence-corrected chi connectivity index (χ1v) is 8.32. The van der Waals surface area contributed by atoms with Crippen molar-refractivity contribution in [1.82, 2.24) is 10.2 Å². The van der Waals surface area contributed by atoms with Gasteiger partial charge in [-0.25, -0.2) is 4.79 Å². The second-order valence-corrected chi connectivity index (χ2v) is 6.53. The number of nitrogens with zero attached hydrogens (tertiary/aromatic N) is 1. The lowest BCUT2D eigenvalue weighted by Gasteiger charge is -2.23. The summed E-state index contributed by atoms with van der Waals surface area (Å²) in [5, 5.41) is 2.85. The van der Waals surface area contributed by atoms with Crippen LogP contribution < -0.4 is 5.32 Å². The Morgan fingerprint density at radius 1 is 1.12 bits per heavy atom. The van der Waals surface area contributed by atoms with Crippen LogP contribution in [0.5, 0.6) is 0 Å². The lowest BCUT2D eigenvalue weighted by Crippen LogP contribution is -2.41. The molecule has 0 aliphatic carbocycles. The van der Waals surface area contributed by atoms with Gasteiger partial charge in [0.15, 0.2) is 6.10 Å². The molecule has 1 unspecified atom stereocenters. The van der Waals surface area contributed by atoms with Crippen LogP contribution in [0.25, 0.3) is 0 Å². The van der Waals surface area contributed by atoms with E-state index in [1.54, 1.807) is 12.1 Å². The highest BCUT2D eigenvalue weighted by Crippen LogP contribution is 2.20. The molecule has 1 aliphatic heterocycles. The van der Waals surface area contributed by atoms with Crippen molar-refractivity contribution in [1.29, 1.82) is 0 Å². The summed E-state index contributed by atoms with van der Waals surface area (Å²) >= 11 is 0. The molecule has 2 aromatic carbocycles. The van der Waals surface area contributed by atoms with Gasteiger partial charge in [-0.3, -0.25) is 4.79 Å². The zero-order chi connectivity index (χ0) is 17.8. The van der Waals surface area contributed by atoms with Crippen molar-refractivity contribution >= 4 is 11.9 Å². The third-order valence-electron chi connectivity index (χ3n) is 4.17. The summed E-state index contributed by atoms with van der Waals surface area (Å²) in [6.07, 6.45) is -0.356. The topological polar surface area (TPSA) is 58.6 Å². The van der Waals surface area contributed by atoms with E-state index in [1.165, 1.54) is 5.56 Å². The highest BCUT2D eigenvalue weighted by atomic mass is 16.5. The largest absolute Gasteiger partial charge is 0.448 e. The second-order valence-electron chi connectivity index (χ2n) is 6.53. The van der Waals surface area contributed by atoms with Gasteiger partial charge in [0.1, 0.15) is 0 Å². The minimum Gasteiger partial charge on any atom is -0.448 e. The number of rotatable bonds is 5. The minimum absolute atomic E-state index is 0.264. The molecule has 0 radical (unpaired) electrons. The predicted octanol–water partition coefficient (Wildman–Crippen LogP) is 2.15. The maximum absolute atomic E-state index is 12.3. The molecule has 0 aromatic heterocycles. The van der Waals surface area contributed by atoms with Crippen LogP contribution >= 0.6 is 0 Å². The zero-order valence-electron chi connectivity index (χ0n) is 14.5. The monoisotopic (exact) mass is 338 g/mol. The Morgan fingerprint density at radius 2 is 1.80 bits per heavy atom. The van der Waals surface area contributed by atoms with Crippen molar-refractivity contribution in [3.8, 4) is 0 Å². The number of nitrogens with one attached hydrogen (secondary N) is 1. The number of ether oxygens (including phenoxy) is 1. The quantitative estimate of drug-likeness (QED) is 0.849. The first-order valence-electron chi connectivity index (χ1n) is 8.32. The first-order chi connectivity index (χ1) is 12.0. The van der Waals surface area contributed by atoms with Crippen molar-refractivity contribution in [2.24, 2.45) is 0 Å². The van der Waals surface area contributed by atoms with Gasteiger partial charge in [0.05, 0.1) is 5.56 Å². The number of fused-ring (bicyclic) bond motifs is 1. The van der Waals surface area contributed by atoms with Crippen molar-refractivity contribution in [2.45, 2.75) is 25.6 Å². The van der Waals surface area contributed by atoms with Crippen LogP contribution in [0.4, 0.5) is 0 Å². The Hall–Kier alpha value is -2.66. The molecule has 0 saturated heterocycles. The van der Waals surface area contributed by atoms with Crippen LogP contribution in [0.15, 0.2) is 48.5 Å². The fourth-order valence-corrected chi connectivity index (χ4v) is 2.91. The molecular weight excluding hydrogens is 316 g/mol. The summed E-state index contributed by atoms with van der Waals surface area (Å²) in [4.78, 5) is 26.4. The van der Waals surface area contributed by atoms with E-state index in [-0.39, 0.29) is 5.91 Å². The van der Waals surface area contributed by atoms with Crippen LogP contribution in [0.2, 0.25) is 0 Å². The van der Waals surface area contributed by atoms with Crippen LogP contribution in [0.3, 0.4) is 0 Å². The van der Waals surface area contributed by atoms with E-state index in [0.717, 1.165) is 17.7 Å². The molecular formula is C20H22N2O3. The lowest BCUT2D eigenvalue weighted by molar-refractivity contribution is -0.130. The Balaban J connectivity index is 1.57. The molecule has 1 atom stereocenters. The number of hydrogen-bond acceptors (Lipinski definition) is 4. The van der Waals surface area contributed by atoms with E-state index < -0.39 is 12.1 Å². The number of carbonyl (C=O) groups excluding carboxylic acids is 2. The normalized spacial score (nSPS) is 16.3. The van der Waals surface area contributed by atoms with Crippen molar-refractivity contribution in [3.63, 3.8) is 0 Å². The molecule has 1 aliphatic rings. The Bertz CT molecular complexity index is 769. The predicted molar refractivity (Wildman–Crippen MR) is 95.0 cm³/mol. The van der Waals surface area contributed by atoms with E-state index in [2.05, 4.69) is 22.3 Å². The summed E-state index contributed by atoms with van der Waals surface area (Å²) < 4.78 is 5.27. The number of benzene rings is 2. The van der Waals surface area contributed by atoms with Gasteiger partial charge in [0.2, 0.25) is 0 Å². The van der Waals surface area contributed by atoms with Gasteiger partial charge in [-0.1, -0.05) is 42.5 Å². The number of amides is 1. The summed E-state index contributed by atoms with van der Waals surface area (Å²) in [5.41, 5.74) is 3.63. The fourth-order valence-electron chi connectivity index (χ4n) is 2.91. The molecule has 0 bridgehead atoms. The zero-order valence-corrected chi connectivity index (χ0v) is 14.5. The molecule has 3 rings (SSSR count). The third-order valence-corrected chi connectivity index (χ3v) is 4.17. The average molecular weight is 338 g/mol. The van der Waals surface area contributed by atoms with E-state index >= 15 is 0 Å². The summed E-state index contributed by atoms with van der Waals surface area (Å²) in [5.74, 6) is -0.699. The highest BCUT2D eigenvalue weighted by molar-refractivity contribution is 5.95. The summed E-state index contributed by atoms with van der Waals surface area (Å²) in [7, 11) is 4.05. The molecule has 5 nitrogen and oxygen atoms in total. The van der Waals surface area contributed by atoms with Crippen LogP contribution in [-0.4, -0.2) is 37.0 Å². The van der Waals surface area contributed by atoms with Crippen LogP contribution in [0.1, 0.15) is 27.0 Å². The van der Waals surface area contributed by atoms with Crippen LogP contribution in [0, 0.1) is 0 Å². The highest BCUT2D eigenvalue weighted by Gasteiger charge is 2.30. The fraction of sp³-hybridized carbons (Fsp3) is 0.300. The van der Waals surface area contributed by atoms with Crippen LogP contribution in [-0.2, 0) is 29.0 Å². The number of carbonyl (C=O) groups is 2. The Labute approximate surface area is 147 Å². The van der Waals surface area contributed by atoms with Gasteiger partial charge >= 0.3 is 5.97 Å². The van der Waals surface area contributed by atoms with Crippen molar-refractivity contribution in [2.75, 3.05) is 14.1 Å². The Morgan fingerprint density at radius 3 is 2.52 bits per heavy atom. The van der Waals surface area contributed by atoms with E-state index in [4.69, 9.17) is 4.74 Å². The van der Waals surface area contributed by atoms with E-state index in [9.17, 15) is 9.59 Å².